The number of carbonyl (C=O) groups excluding carboxylic acids is 2. The third-order valence-corrected chi connectivity index (χ3v) is 10.4. The first-order valence-electron chi connectivity index (χ1n) is 12.5. The highest BCUT2D eigenvalue weighted by molar-refractivity contribution is 8.00. The predicted octanol–water partition coefficient (Wildman–Crippen LogP) is 3.49. The summed E-state index contributed by atoms with van der Waals surface area (Å²) in [6.45, 7) is 5.04. The molecule has 168 valence electrons. The van der Waals surface area contributed by atoms with Gasteiger partial charge in [-0.1, -0.05) is 13.3 Å². The maximum Gasteiger partial charge on any atom is 0.228 e. The summed E-state index contributed by atoms with van der Waals surface area (Å²) in [5, 5.41) is 4.49. The number of nitrogens with zero attached hydrogens (tertiary/aromatic N) is 2. The average Bonchev–Trinajstić information content (AvgIpc) is 3.24. The van der Waals surface area contributed by atoms with Crippen molar-refractivity contribution in [2.45, 2.75) is 82.4 Å². The first-order chi connectivity index (χ1) is 14.5. The maximum atomic E-state index is 13.1. The Bertz CT molecular complexity index is 651. The molecular formula is C24H39N3O2S. The van der Waals surface area contributed by atoms with Crippen LogP contribution in [0.5, 0.6) is 0 Å². The lowest BCUT2D eigenvalue weighted by molar-refractivity contribution is -0.151. The van der Waals surface area contributed by atoms with Crippen molar-refractivity contribution >= 4 is 23.6 Å². The van der Waals surface area contributed by atoms with Gasteiger partial charge >= 0.3 is 0 Å². The van der Waals surface area contributed by atoms with E-state index in [2.05, 4.69) is 28.9 Å². The molecule has 3 atom stereocenters. The largest absolute Gasteiger partial charge is 0.339 e. The quantitative estimate of drug-likeness (QED) is 0.740. The van der Waals surface area contributed by atoms with Gasteiger partial charge in [-0.2, -0.15) is 0 Å². The van der Waals surface area contributed by atoms with Gasteiger partial charge in [0.1, 0.15) is 0 Å². The van der Waals surface area contributed by atoms with Crippen LogP contribution in [0.4, 0.5) is 0 Å². The van der Waals surface area contributed by atoms with Crippen LogP contribution in [-0.4, -0.2) is 65.0 Å². The van der Waals surface area contributed by atoms with E-state index in [1.54, 1.807) is 0 Å². The van der Waals surface area contributed by atoms with Gasteiger partial charge in [-0.25, -0.2) is 0 Å². The molecule has 0 aromatic heterocycles. The number of hydrogen-bond donors (Lipinski definition) is 1. The van der Waals surface area contributed by atoms with E-state index in [4.69, 9.17) is 0 Å². The molecule has 3 aliphatic carbocycles. The van der Waals surface area contributed by atoms with Gasteiger partial charge in [0.2, 0.25) is 11.8 Å². The molecule has 0 aromatic rings. The summed E-state index contributed by atoms with van der Waals surface area (Å²) in [6, 6.07) is 0.765. The summed E-state index contributed by atoms with van der Waals surface area (Å²) in [5.74, 6) is 3.79. The first-order valence-corrected chi connectivity index (χ1v) is 13.5. The molecule has 2 aliphatic heterocycles. The number of nitrogens with one attached hydrogen (secondary N) is 1. The second-order valence-electron chi connectivity index (χ2n) is 10.9. The zero-order chi connectivity index (χ0) is 20.7. The van der Waals surface area contributed by atoms with Gasteiger partial charge < -0.3 is 15.1 Å². The number of carbonyl (C=O) groups is 2. The molecule has 1 N–H and O–H groups in total. The van der Waals surface area contributed by atoms with E-state index in [9.17, 15) is 9.59 Å². The van der Waals surface area contributed by atoms with Crippen LogP contribution in [0.2, 0.25) is 0 Å². The molecule has 3 saturated carbocycles. The van der Waals surface area contributed by atoms with Gasteiger partial charge in [0.25, 0.3) is 0 Å². The van der Waals surface area contributed by atoms with Gasteiger partial charge in [-0.05, 0) is 69.6 Å². The molecule has 30 heavy (non-hydrogen) atoms. The number of hydrogen-bond acceptors (Lipinski definition) is 4. The Morgan fingerprint density at radius 1 is 0.900 bits per heavy atom. The van der Waals surface area contributed by atoms with Crippen LogP contribution in [0.15, 0.2) is 0 Å². The van der Waals surface area contributed by atoms with Gasteiger partial charge in [0.05, 0.1) is 0 Å². The topological polar surface area (TPSA) is 52.7 Å². The van der Waals surface area contributed by atoms with Crippen LogP contribution in [0.3, 0.4) is 0 Å². The van der Waals surface area contributed by atoms with Gasteiger partial charge in [-0.15, -0.1) is 11.8 Å². The second kappa shape index (κ2) is 8.65. The summed E-state index contributed by atoms with van der Waals surface area (Å²) in [5.41, 5.74) is -0.114. The van der Waals surface area contributed by atoms with Crippen molar-refractivity contribution in [1.29, 1.82) is 0 Å². The van der Waals surface area contributed by atoms with Crippen LogP contribution in [0, 0.1) is 23.2 Å². The summed E-state index contributed by atoms with van der Waals surface area (Å²) >= 11 is 2.13. The molecule has 2 amide bonds. The highest BCUT2D eigenvalue weighted by Crippen LogP contribution is 2.45. The van der Waals surface area contributed by atoms with Crippen molar-refractivity contribution in [1.82, 2.24) is 15.1 Å². The molecular weight excluding hydrogens is 394 g/mol. The molecule has 2 saturated heterocycles. The van der Waals surface area contributed by atoms with Crippen LogP contribution in [0.1, 0.15) is 71.1 Å². The molecule has 5 rings (SSSR count). The molecule has 0 spiro atoms. The lowest BCUT2D eigenvalue weighted by atomic mass is 9.69. The van der Waals surface area contributed by atoms with Crippen LogP contribution >= 0.6 is 11.8 Å². The van der Waals surface area contributed by atoms with E-state index >= 15 is 0 Å². The Hall–Kier alpha value is -0.750. The monoisotopic (exact) mass is 433 g/mol. The molecule has 0 radical (unpaired) electrons. The van der Waals surface area contributed by atoms with Crippen molar-refractivity contribution in [2.24, 2.45) is 23.2 Å². The van der Waals surface area contributed by atoms with Crippen molar-refractivity contribution < 1.29 is 9.59 Å². The fraction of sp³-hybridized carbons (Fsp3) is 0.917. The zero-order valence-corrected chi connectivity index (χ0v) is 19.4. The van der Waals surface area contributed by atoms with Gasteiger partial charge in [0, 0.05) is 54.7 Å². The summed E-state index contributed by atoms with van der Waals surface area (Å²) in [6.07, 6.45) is 12.0. The lowest BCUT2D eigenvalue weighted by Crippen LogP contribution is -2.56. The normalized spacial score (nSPS) is 38.6. The maximum absolute atomic E-state index is 13.1. The minimum absolute atomic E-state index is 0.114. The molecule has 5 fully saturated rings. The van der Waals surface area contributed by atoms with Crippen molar-refractivity contribution in [2.75, 3.05) is 32.1 Å². The highest BCUT2D eigenvalue weighted by Gasteiger charge is 2.43. The number of fused-ring (bicyclic) bond motifs is 1. The zero-order valence-electron chi connectivity index (χ0n) is 18.6. The summed E-state index contributed by atoms with van der Waals surface area (Å²) < 4.78 is 0. The fourth-order valence-corrected chi connectivity index (χ4v) is 8.17. The van der Waals surface area contributed by atoms with Crippen molar-refractivity contribution in [3.05, 3.63) is 0 Å². The highest BCUT2D eigenvalue weighted by atomic mass is 32.2. The predicted molar refractivity (Wildman–Crippen MR) is 121 cm³/mol. The minimum atomic E-state index is -0.114. The SMILES string of the molecule is CC1(C(=O)N2CCN(C(=O)C3CCC(C4CCC5NCSC5C4)CC3)CC2)CCC1. The second-order valence-corrected chi connectivity index (χ2v) is 12.1. The van der Waals surface area contributed by atoms with Crippen LogP contribution in [-0.2, 0) is 9.59 Å². The molecule has 2 heterocycles. The summed E-state index contributed by atoms with van der Waals surface area (Å²) in [7, 11) is 0. The lowest BCUT2D eigenvalue weighted by Gasteiger charge is -2.44. The van der Waals surface area contributed by atoms with E-state index in [-0.39, 0.29) is 11.3 Å². The van der Waals surface area contributed by atoms with Crippen molar-refractivity contribution in [3.63, 3.8) is 0 Å². The third-order valence-electron chi connectivity index (χ3n) is 9.11. The van der Waals surface area contributed by atoms with E-state index in [1.807, 2.05) is 4.90 Å². The Labute approximate surface area is 186 Å². The van der Waals surface area contributed by atoms with Gasteiger partial charge in [0.15, 0.2) is 0 Å². The number of rotatable bonds is 3. The molecule has 0 aromatic carbocycles. The smallest absolute Gasteiger partial charge is 0.228 e. The van der Waals surface area contributed by atoms with Gasteiger partial charge in [-0.3, -0.25) is 9.59 Å². The number of amides is 2. The Morgan fingerprint density at radius 2 is 1.57 bits per heavy atom. The van der Waals surface area contributed by atoms with E-state index in [1.165, 1.54) is 38.5 Å². The third kappa shape index (κ3) is 4.03. The molecule has 6 heteroatoms. The Kier molecular flexibility index (Phi) is 6.09. The number of piperazine rings is 1. The van der Waals surface area contributed by atoms with E-state index < -0.39 is 0 Å². The minimum Gasteiger partial charge on any atom is -0.339 e. The van der Waals surface area contributed by atoms with E-state index in [0.717, 1.165) is 80.9 Å². The number of thioether (sulfide) groups is 1. The summed E-state index contributed by atoms with van der Waals surface area (Å²) in [4.78, 5) is 30.0. The molecule has 0 bridgehead atoms. The van der Waals surface area contributed by atoms with E-state index in [0.29, 0.717) is 11.8 Å². The molecule has 5 aliphatic rings. The standard InChI is InChI=1S/C24H39N3O2S/c1-24(9-2-10-24)23(29)27-13-11-26(12-14-27)22(28)18-5-3-17(4-6-18)19-7-8-20-21(15-19)30-16-25-20/h17-21,25H,2-16H2,1H3. The van der Waals surface area contributed by atoms with Crippen LogP contribution in [0.25, 0.3) is 0 Å². The molecule has 5 nitrogen and oxygen atoms in total. The first kappa shape index (κ1) is 21.1. The fourth-order valence-electron chi connectivity index (χ4n) is 6.80. The Balaban J connectivity index is 1.07. The van der Waals surface area contributed by atoms with Crippen molar-refractivity contribution in [3.8, 4) is 0 Å². The average molecular weight is 434 g/mol. The molecule has 3 unspecified atom stereocenters. The van der Waals surface area contributed by atoms with Crippen LogP contribution < -0.4 is 5.32 Å². The Morgan fingerprint density at radius 3 is 2.23 bits per heavy atom.